The van der Waals surface area contributed by atoms with Gasteiger partial charge in [0.2, 0.25) is 0 Å². The highest BCUT2D eigenvalue weighted by Gasteiger charge is 2.08. The van der Waals surface area contributed by atoms with Gasteiger partial charge in [-0.05, 0) is 11.6 Å². The maximum atomic E-state index is 8.76. The highest BCUT2D eigenvalue weighted by Crippen LogP contribution is 2.20. The Labute approximate surface area is 92.3 Å². The smallest absolute Gasteiger partial charge is 0.0888 e. The summed E-state index contributed by atoms with van der Waals surface area (Å²) in [5.41, 5.74) is 2.45. The van der Waals surface area contributed by atoms with E-state index in [2.05, 4.69) is 16.0 Å². The van der Waals surface area contributed by atoms with Crippen LogP contribution in [0.3, 0.4) is 0 Å². The first-order chi connectivity index (χ1) is 7.36. The van der Waals surface area contributed by atoms with Crippen molar-refractivity contribution in [1.29, 1.82) is 5.26 Å². The van der Waals surface area contributed by atoms with Gasteiger partial charge in [-0.3, -0.25) is 9.97 Å². The average Bonchev–Trinajstić information content (AvgIpc) is 2.30. The molecule has 2 rings (SSSR count). The second-order valence-corrected chi connectivity index (χ2v) is 3.36. The van der Waals surface area contributed by atoms with Crippen molar-refractivity contribution in [2.45, 2.75) is 12.3 Å². The molecule has 0 unspecified atom stereocenters. The normalized spacial score (nSPS) is 10.1. The van der Waals surface area contributed by atoms with Crippen molar-refractivity contribution in [1.82, 2.24) is 9.97 Å². The summed E-state index contributed by atoms with van der Waals surface area (Å²) in [6.45, 7) is 0. The number of rotatable bonds is 2. The Hall–Kier alpha value is -1.66. The van der Waals surface area contributed by atoms with Gasteiger partial charge in [-0.2, -0.15) is 5.26 Å². The summed E-state index contributed by atoms with van der Waals surface area (Å²) < 4.78 is 0. The van der Waals surface area contributed by atoms with E-state index in [1.807, 2.05) is 12.1 Å². The lowest BCUT2D eigenvalue weighted by Gasteiger charge is -2.06. The number of alkyl halides is 1. The first kappa shape index (κ1) is 9.88. The van der Waals surface area contributed by atoms with Crippen molar-refractivity contribution in [2.75, 3.05) is 0 Å². The molecule has 0 radical (unpaired) electrons. The van der Waals surface area contributed by atoms with Gasteiger partial charge in [-0.25, -0.2) is 0 Å². The summed E-state index contributed by atoms with van der Waals surface area (Å²) in [5.74, 6) is 0.321. The number of nitriles is 1. The van der Waals surface area contributed by atoms with E-state index >= 15 is 0 Å². The third kappa shape index (κ3) is 1.77. The van der Waals surface area contributed by atoms with Gasteiger partial charge in [0.25, 0.3) is 0 Å². The van der Waals surface area contributed by atoms with Crippen molar-refractivity contribution in [2.24, 2.45) is 0 Å². The van der Waals surface area contributed by atoms with Gasteiger partial charge in [0.15, 0.2) is 0 Å². The third-order valence-electron chi connectivity index (χ3n) is 2.24. The maximum absolute atomic E-state index is 8.76. The van der Waals surface area contributed by atoms with Crippen LogP contribution in [0.25, 0.3) is 10.9 Å². The van der Waals surface area contributed by atoms with Crippen LogP contribution < -0.4 is 0 Å². The molecular formula is C11H8ClN3. The Balaban J connectivity index is 2.74. The van der Waals surface area contributed by atoms with Crippen LogP contribution in [-0.4, -0.2) is 9.97 Å². The molecule has 3 nitrogen and oxygen atoms in total. The Morgan fingerprint density at radius 3 is 3.00 bits per heavy atom. The van der Waals surface area contributed by atoms with E-state index < -0.39 is 0 Å². The number of hydrogen-bond donors (Lipinski definition) is 0. The van der Waals surface area contributed by atoms with Gasteiger partial charge in [-0.15, -0.1) is 11.6 Å². The molecule has 74 valence electrons. The highest BCUT2D eigenvalue weighted by atomic mass is 35.5. The molecule has 0 N–H and O–H groups in total. The third-order valence-corrected chi connectivity index (χ3v) is 2.49. The Morgan fingerprint density at radius 1 is 1.40 bits per heavy atom. The molecule has 0 atom stereocenters. The predicted octanol–water partition coefficient (Wildman–Crippen LogP) is 2.43. The van der Waals surface area contributed by atoms with Crippen LogP contribution in [0.1, 0.15) is 11.3 Å². The fourth-order valence-corrected chi connectivity index (χ4v) is 1.77. The molecule has 0 aliphatic heterocycles. The number of pyridine rings is 2. The Kier molecular flexibility index (Phi) is 2.79. The second-order valence-electron chi connectivity index (χ2n) is 3.09. The van der Waals surface area contributed by atoms with Crippen LogP contribution >= 0.6 is 11.6 Å². The van der Waals surface area contributed by atoms with Gasteiger partial charge >= 0.3 is 0 Å². The molecule has 0 aliphatic rings. The van der Waals surface area contributed by atoms with E-state index in [1.54, 1.807) is 12.4 Å². The summed E-state index contributed by atoms with van der Waals surface area (Å²) in [7, 11) is 0. The van der Waals surface area contributed by atoms with Crippen molar-refractivity contribution in [3.63, 3.8) is 0 Å². The fraction of sp³-hybridized carbons (Fsp3) is 0.182. The molecule has 0 fully saturated rings. The first-order valence-corrected chi connectivity index (χ1v) is 5.04. The summed E-state index contributed by atoms with van der Waals surface area (Å²) in [6, 6.07) is 5.91. The highest BCUT2D eigenvalue weighted by molar-refractivity contribution is 6.17. The molecule has 0 bridgehead atoms. The quantitative estimate of drug-likeness (QED) is 0.726. The minimum absolute atomic E-state index is 0.318. The lowest BCUT2D eigenvalue weighted by Crippen LogP contribution is -1.97. The van der Waals surface area contributed by atoms with E-state index in [4.69, 9.17) is 16.9 Å². The number of fused-ring (bicyclic) bond motifs is 1. The van der Waals surface area contributed by atoms with E-state index in [1.165, 1.54) is 0 Å². The van der Waals surface area contributed by atoms with Gasteiger partial charge in [0.05, 0.1) is 35.8 Å². The molecule has 2 aromatic rings. The predicted molar refractivity (Wildman–Crippen MR) is 58.4 cm³/mol. The van der Waals surface area contributed by atoms with Gasteiger partial charge in [0, 0.05) is 11.6 Å². The number of nitrogens with zero attached hydrogens (tertiary/aromatic N) is 3. The molecule has 2 heterocycles. The molecule has 0 aliphatic carbocycles. The minimum Gasteiger partial charge on any atom is -0.257 e. The molecule has 0 spiro atoms. The lowest BCUT2D eigenvalue weighted by molar-refractivity contribution is 1.10. The van der Waals surface area contributed by atoms with Crippen molar-refractivity contribution in [3.05, 3.63) is 35.8 Å². The topological polar surface area (TPSA) is 49.6 Å². The van der Waals surface area contributed by atoms with E-state index in [0.29, 0.717) is 12.3 Å². The minimum atomic E-state index is 0.318. The Morgan fingerprint density at radius 2 is 2.27 bits per heavy atom. The van der Waals surface area contributed by atoms with Crippen LogP contribution in [0.5, 0.6) is 0 Å². The zero-order valence-electron chi connectivity index (χ0n) is 7.94. The molecular weight excluding hydrogens is 210 g/mol. The maximum Gasteiger partial charge on any atom is 0.0888 e. The van der Waals surface area contributed by atoms with Gasteiger partial charge in [-0.1, -0.05) is 6.07 Å². The summed E-state index contributed by atoms with van der Waals surface area (Å²) in [5, 5.41) is 9.72. The van der Waals surface area contributed by atoms with Crippen molar-refractivity contribution < 1.29 is 0 Å². The van der Waals surface area contributed by atoms with Gasteiger partial charge < -0.3 is 0 Å². The molecule has 0 amide bonds. The summed E-state index contributed by atoms with van der Waals surface area (Å²) >= 11 is 5.78. The van der Waals surface area contributed by atoms with E-state index in [9.17, 15) is 0 Å². The van der Waals surface area contributed by atoms with E-state index in [0.717, 1.165) is 22.2 Å². The largest absolute Gasteiger partial charge is 0.257 e. The average molecular weight is 218 g/mol. The second kappa shape index (κ2) is 4.24. The van der Waals surface area contributed by atoms with E-state index in [-0.39, 0.29) is 0 Å². The van der Waals surface area contributed by atoms with Crippen LogP contribution in [0.2, 0.25) is 0 Å². The standard InChI is InChI=1S/C11H8ClN3/c12-6-10-9(3-4-13)8-2-1-5-14-11(8)7-15-10/h1-2,5,7H,3,6H2. The van der Waals surface area contributed by atoms with Crippen LogP contribution in [0.4, 0.5) is 0 Å². The van der Waals surface area contributed by atoms with Crippen molar-refractivity contribution in [3.8, 4) is 6.07 Å². The van der Waals surface area contributed by atoms with Crippen LogP contribution in [0.15, 0.2) is 24.5 Å². The summed E-state index contributed by atoms with van der Waals surface area (Å²) in [6.07, 6.45) is 3.71. The Bertz CT molecular complexity index is 531. The fourth-order valence-electron chi connectivity index (χ4n) is 1.54. The number of aromatic nitrogens is 2. The zero-order chi connectivity index (χ0) is 10.7. The molecule has 0 saturated carbocycles. The molecule has 4 heteroatoms. The monoisotopic (exact) mass is 217 g/mol. The molecule has 15 heavy (non-hydrogen) atoms. The number of hydrogen-bond acceptors (Lipinski definition) is 3. The SMILES string of the molecule is N#CCc1c(CCl)ncc2ncccc12. The van der Waals surface area contributed by atoms with Crippen LogP contribution in [0, 0.1) is 11.3 Å². The van der Waals surface area contributed by atoms with Gasteiger partial charge in [0.1, 0.15) is 0 Å². The number of halogens is 1. The molecule has 0 saturated heterocycles. The zero-order valence-corrected chi connectivity index (χ0v) is 8.70. The summed E-state index contributed by atoms with van der Waals surface area (Å²) in [4.78, 5) is 8.38. The van der Waals surface area contributed by atoms with Crippen molar-refractivity contribution >= 4 is 22.5 Å². The lowest BCUT2D eigenvalue weighted by atomic mass is 10.1. The molecule has 2 aromatic heterocycles. The first-order valence-electron chi connectivity index (χ1n) is 4.51. The van der Waals surface area contributed by atoms with Crippen LogP contribution in [-0.2, 0) is 12.3 Å². The molecule has 0 aromatic carbocycles.